The average Bonchev–Trinajstić information content (AvgIpc) is 2.67. The third kappa shape index (κ3) is 6.03. The zero-order valence-electron chi connectivity index (χ0n) is 17.4. The van der Waals surface area contributed by atoms with E-state index >= 15 is 0 Å². The zero-order chi connectivity index (χ0) is 22.5. The van der Waals surface area contributed by atoms with Crippen LogP contribution in [0.1, 0.15) is 24.5 Å². The summed E-state index contributed by atoms with van der Waals surface area (Å²) in [6, 6.07) is 9.30. The number of amides is 1. The van der Waals surface area contributed by atoms with Gasteiger partial charge in [0, 0.05) is 0 Å². The molecular weight excluding hydrogens is 447 g/mol. The summed E-state index contributed by atoms with van der Waals surface area (Å²) < 4.78 is 31.7. The van der Waals surface area contributed by atoms with Crippen LogP contribution in [0.3, 0.4) is 0 Å². The summed E-state index contributed by atoms with van der Waals surface area (Å²) in [6.45, 7) is 6.21. The van der Waals surface area contributed by atoms with Crippen LogP contribution < -0.4 is 14.4 Å². The van der Waals surface area contributed by atoms with E-state index in [1.54, 1.807) is 6.92 Å². The highest BCUT2D eigenvalue weighted by molar-refractivity contribution is 7.92. The van der Waals surface area contributed by atoms with Crippen LogP contribution in [0.25, 0.3) is 0 Å². The molecule has 9 heteroatoms. The molecule has 0 aliphatic carbocycles. The Bertz CT molecular complexity index is 1010. The van der Waals surface area contributed by atoms with Crippen molar-refractivity contribution < 1.29 is 17.9 Å². The minimum Gasteiger partial charge on any atom is -0.491 e. The van der Waals surface area contributed by atoms with Crippen molar-refractivity contribution in [2.45, 2.75) is 33.2 Å². The lowest BCUT2D eigenvalue weighted by Gasteiger charge is -2.30. The monoisotopic (exact) mass is 472 g/mol. The number of benzene rings is 2. The largest absolute Gasteiger partial charge is 0.491 e. The van der Waals surface area contributed by atoms with Crippen LogP contribution in [0, 0.1) is 13.8 Å². The molecule has 0 bridgehead atoms. The fourth-order valence-electron chi connectivity index (χ4n) is 3.02. The lowest BCUT2D eigenvalue weighted by atomic mass is 10.1. The summed E-state index contributed by atoms with van der Waals surface area (Å²) in [5, 5.41) is 3.27. The summed E-state index contributed by atoms with van der Waals surface area (Å²) in [7, 11) is -3.75. The van der Waals surface area contributed by atoms with Crippen molar-refractivity contribution in [3.05, 3.63) is 57.6 Å². The predicted molar refractivity (Wildman–Crippen MR) is 122 cm³/mol. The van der Waals surface area contributed by atoms with E-state index in [4.69, 9.17) is 27.9 Å². The van der Waals surface area contributed by atoms with Gasteiger partial charge in [-0.15, -0.1) is 0 Å². The molecule has 164 valence electrons. The summed E-state index contributed by atoms with van der Waals surface area (Å²) in [6.07, 6.45) is 1.33. The van der Waals surface area contributed by atoms with Gasteiger partial charge in [0.05, 0.1) is 28.5 Å². The summed E-state index contributed by atoms with van der Waals surface area (Å²) >= 11 is 12.0. The Balaban J connectivity index is 2.10. The van der Waals surface area contributed by atoms with Crippen LogP contribution >= 0.6 is 23.2 Å². The highest BCUT2D eigenvalue weighted by Gasteiger charge is 2.31. The molecule has 2 aromatic rings. The molecule has 0 radical (unpaired) electrons. The molecule has 1 amide bonds. The van der Waals surface area contributed by atoms with E-state index in [2.05, 4.69) is 5.32 Å². The molecule has 0 heterocycles. The van der Waals surface area contributed by atoms with E-state index in [0.717, 1.165) is 27.4 Å². The van der Waals surface area contributed by atoms with Gasteiger partial charge in [0.2, 0.25) is 15.9 Å². The van der Waals surface area contributed by atoms with Crippen molar-refractivity contribution in [3.63, 3.8) is 0 Å². The maximum atomic E-state index is 12.8. The third-order valence-electron chi connectivity index (χ3n) is 4.70. The number of halogens is 2. The molecule has 0 saturated heterocycles. The lowest BCUT2D eigenvalue weighted by molar-refractivity contribution is -0.122. The molecule has 30 heavy (non-hydrogen) atoms. The van der Waals surface area contributed by atoms with Crippen molar-refractivity contribution >= 4 is 44.8 Å². The molecule has 0 saturated carbocycles. The number of nitrogens with one attached hydrogen (secondary N) is 1. The van der Waals surface area contributed by atoms with E-state index in [1.807, 2.05) is 32.0 Å². The van der Waals surface area contributed by atoms with Crippen LogP contribution in [-0.4, -0.2) is 39.8 Å². The number of carbonyl (C=O) groups is 1. The zero-order valence-corrected chi connectivity index (χ0v) is 19.7. The number of hydrogen-bond acceptors (Lipinski definition) is 4. The normalized spacial score (nSPS) is 12.3. The van der Waals surface area contributed by atoms with Gasteiger partial charge in [0.1, 0.15) is 18.4 Å². The number of aryl methyl sites for hydroxylation is 1. The Morgan fingerprint density at radius 3 is 2.47 bits per heavy atom. The van der Waals surface area contributed by atoms with Crippen molar-refractivity contribution in [1.82, 2.24) is 5.32 Å². The molecule has 0 aliphatic rings. The minimum absolute atomic E-state index is 0.208. The minimum atomic E-state index is -3.75. The van der Waals surface area contributed by atoms with Crippen molar-refractivity contribution in [1.29, 1.82) is 0 Å². The van der Waals surface area contributed by atoms with Gasteiger partial charge in [-0.25, -0.2) is 8.42 Å². The molecule has 1 N–H and O–H groups in total. The Labute approximate surface area is 188 Å². The van der Waals surface area contributed by atoms with Crippen LogP contribution in [0.5, 0.6) is 5.75 Å². The van der Waals surface area contributed by atoms with E-state index < -0.39 is 22.0 Å². The van der Waals surface area contributed by atoms with Gasteiger partial charge >= 0.3 is 0 Å². The molecule has 0 aromatic heterocycles. The molecule has 0 unspecified atom stereocenters. The Hall–Kier alpha value is -1.96. The average molecular weight is 473 g/mol. The molecule has 0 spiro atoms. The molecular formula is C21H26Cl2N2O4S. The Morgan fingerprint density at radius 1 is 1.17 bits per heavy atom. The SMILES string of the molecule is CC[C@@H](C(=O)NCCOc1cccc(C)c1C)N(c1ccc(Cl)c(Cl)c1)S(C)(=O)=O. The second-order valence-corrected chi connectivity index (χ2v) is 9.59. The molecule has 6 nitrogen and oxygen atoms in total. The summed E-state index contributed by atoms with van der Waals surface area (Å²) in [5.74, 6) is 0.337. The van der Waals surface area contributed by atoms with Gasteiger partial charge in [-0.1, -0.05) is 42.3 Å². The van der Waals surface area contributed by atoms with Crippen molar-refractivity contribution in [3.8, 4) is 5.75 Å². The fraction of sp³-hybridized carbons (Fsp3) is 0.381. The van der Waals surface area contributed by atoms with E-state index in [-0.39, 0.29) is 30.3 Å². The number of sulfonamides is 1. The highest BCUT2D eigenvalue weighted by Crippen LogP contribution is 2.30. The summed E-state index contributed by atoms with van der Waals surface area (Å²) in [4.78, 5) is 12.8. The second kappa shape index (κ2) is 10.4. The van der Waals surface area contributed by atoms with Crippen molar-refractivity contribution in [2.24, 2.45) is 0 Å². The van der Waals surface area contributed by atoms with E-state index in [0.29, 0.717) is 5.02 Å². The van der Waals surface area contributed by atoms with Crippen molar-refractivity contribution in [2.75, 3.05) is 23.7 Å². The van der Waals surface area contributed by atoms with Gasteiger partial charge in [-0.2, -0.15) is 0 Å². The maximum absolute atomic E-state index is 12.8. The number of ether oxygens (including phenoxy) is 1. The first-order valence-electron chi connectivity index (χ1n) is 9.47. The molecule has 0 fully saturated rings. The van der Waals surface area contributed by atoms with E-state index in [9.17, 15) is 13.2 Å². The smallest absolute Gasteiger partial charge is 0.244 e. The lowest BCUT2D eigenvalue weighted by Crippen LogP contribution is -2.50. The number of nitrogens with zero attached hydrogens (tertiary/aromatic N) is 1. The quantitative estimate of drug-likeness (QED) is 0.550. The standard InChI is InChI=1S/C21H26Cl2N2O4S/c1-5-19(25(30(4,27)28)16-9-10-17(22)18(23)13-16)21(26)24-11-12-29-20-8-6-7-14(2)15(20)3/h6-10,13,19H,5,11-12H2,1-4H3,(H,24,26)/t19-/m0/s1. The number of anilines is 1. The number of hydrogen-bond donors (Lipinski definition) is 1. The van der Waals surface area contributed by atoms with Crippen LogP contribution in [0.2, 0.25) is 10.0 Å². The Kier molecular flexibility index (Phi) is 8.41. The molecule has 2 rings (SSSR count). The third-order valence-corrected chi connectivity index (χ3v) is 6.62. The predicted octanol–water partition coefficient (Wildman–Crippen LogP) is 4.35. The van der Waals surface area contributed by atoms with Gasteiger partial charge < -0.3 is 10.1 Å². The van der Waals surface area contributed by atoms with Crippen LogP contribution in [0.4, 0.5) is 5.69 Å². The topological polar surface area (TPSA) is 75.7 Å². The van der Waals surface area contributed by atoms with Crippen LogP contribution in [-0.2, 0) is 14.8 Å². The molecule has 2 aromatic carbocycles. The van der Waals surface area contributed by atoms with Crippen LogP contribution in [0.15, 0.2) is 36.4 Å². The molecule has 0 aliphatic heterocycles. The first-order chi connectivity index (χ1) is 14.1. The van der Waals surface area contributed by atoms with Gasteiger partial charge in [-0.05, 0) is 55.7 Å². The first kappa shape index (κ1) is 24.3. The number of rotatable bonds is 9. The fourth-order valence-corrected chi connectivity index (χ4v) is 4.51. The van der Waals surface area contributed by atoms with Gasteiger partial charge in [-0.3, -0.25) is 9.10 Å². The number of carbonyl (C=O) groups excluding carboxylic acids is 1. The summed E-state index contributed by atoms with van der Waals surface area (Å²) in [5.41, 5.74) is 2.44. The molecule has 1 atom stereocenters. The Morgan fingerprint density at radius 2 is 1.87 bits per heavy atom. The van der Waals surface area contributed by atoms with E-state index in [1.165, 1.54) is 18.2 Å². The maximum Gasteiger partial charge on any atom is 0.244 e. The highest BCUT2D eigenvalue weighted by atomic mass is 35.5. The first-order valence-corrected chi connectivity index (χ1v) is 12.1. The second-order valence-electron chi connectivity index (χ2n) is 6.92. The van der Waals surface area contributed by atoms with Gasteiger partial charge in [0.25, 0.3) is 0 Å². The van der Waals surface area contributed by atoms with Gasteiger partial charge in [0.15, 0.2) is 0 Å².